The first-order chi connectivity index (χ1) is 9.74. The Bertz CT molecular complexity index is 716. The Morgan fingerprint density at radius 1 is 1.15 bits per heavy atom. The van der Waals surface area contributed by atoms with Crippen molar-refractivity contribution in [2.24, 2.45) is 0 Å². The van der Waals surface area contributed by atoms with Crippen molar-refractivity contribution in [2.75, 3.05) is 0 Å². The van der Waals surface area contributed by atoms with Crippen LogP contribution < -0.4 is 4.74 Å². The smallest absolute Gasteiger partial charge is 0.233 e. The molecular formula is C16H15NO3. The van der Waals surface area contributed by atoms with E-state index in [0.717, 1.165) is 12.2 Å². The highest BCUT2D eigenvalue weighted by molar-refractivity contribution is 5.74. The molecule has 0 spiro atoms. The number of rotatable bonds is 4. The fourth-order valence-electron chi connectivity index (χ4n) is 1.99. The number of phenolic OH excluding ortho intramolecular Hbond substituents is 1. The Kier molecular flexibility index (Phi) is 3.29. The van der Waals surface area contributed by atoms with Gasteiger partial charge in [-0.05, 0) is 36.2 Å². The van der Waals surface area contributed by atoms with Crippen molar-refractivity contribution < 1.29 is 14.3 Å². The molecule has 0 amide bonds. The summed E-state index contributed by atoms with van der Waals surface area (Å²) >= 11 is 0. The summed E-state index contributed by atoms with van der Waals surface area (Å²) in [5.41, 5.74) is 2.54. The van der Waals surface area contributed by atoms with E-state index in [-0.39, 0.29) is 12.4 Å². The van der Waals surface area contributed by atoms with Crippen LogP contribution in [0.4, 0.5) is 0 Å². The number of oxazole rings is 1. The van der Waals surface area contributed by atoms with E-state index in [1.165, 1.54) is 5.56 Å². The summed E-state index contributed by atoms with van der Waals surface area (Å²) in [6.07, 6.45) is 1.01. The molecule has 0 aliphatic rings. The molecule has 0 saturated carbocycles. The van der Waals surface area contributed by atoms with E-state index in [9.17, 15) is 5.11 Å². The molecule has 3 rings (SSSR count). The van der Waals surface area contributed by atoms with E-state index in [2.05, 4.69) is 11.9 Å². The van der Waals surface area contributed by atoms with Gasteiger partial charge in [0.2, 0.25) is 5.89 Å². The van der Waals surface area contributed by atoms with Crippen LogP contribution in [-0.2, 0) is 13.0 Å². The molecular weight excluding hydrogens is 254 g/mol. The van der Waals surface area contributed by atoms with Crippen LogP contribution in [0, 0.1) is 0 Å². The lowest BCUT2D eigenvalue weighted by Crippen LogP contribution is -1.95. The zero-order valence-corrected chi connectivity index (χ0v) is 11.2. The molecule has 1 heterocycles. The Hall–Kier alpha value is -2.49. The van der Waals surface area contributed by atoms with Gasteiger partial charge in [-0.25, -0.2) is 4.98 Å². The largest absolute Gasteiger partial charge is 0.508 e. The highest BCUT2D eigenvalue weighted by atomic mass is 16.5. The van der Waals surface area contributed by atoms with Crippen molar-refractivity contribution >= 4 is 11.1 Å². The minimum Gasteiger partial charge on any atom is -0.508 e. The SMILES string of the molecule is CCc1ccc(OCc2nc3ccc(O)cc3o2)cc1. The van der Waals surface area contributed by atoms with Gasteiger partial charge in [-0.15, -0.1) is 0 Å². The highest BCUT2D eigenvalue weighted by Gasteiger charge is 2.07. The van der Waals surface area contributed by atoms with E-state index in [4.69, 9.17) is 9.15 Å². The fourth-order valence-corrected chi connectivity index (χ4v) is 1.99. The van der Waals surface area contributed by atoms with Gasteiger partial charge in [0.1, 0.15) is 17.0 Å². The summed E-state index contributed by atoms with van der Waals surface area (Å²) in [7, 11) is 0. The fraction of sp³-hybridized carbons (Fsp3) is 0.188. The number of aromatic nitrogens is 1. The van der Waals surface area contributed by atoms with Gasteiger partial charge in [0, 0.05) is 6.07 Å². The topological polar surface area (TPSA) is 55.5 Å². The Labute approximate surface area is 116 Å². The zero-order valence-electron chi connectivity index (χ0n) is 11.2. The molecule has 4 heteroatoms. The van der Waals surface area contributed by atoms with E-state index in [0.29, 0.717) is 17.0 Å². The molecule has 0 aliphatic carbocycles. The van der Waals surface area contributed by atoms with Gasteiger partial charge in [0.25, 0.3) is 0 Å². The van der Waals surface area contributed by atoms with Gasteiger partial charge in [0.15, 0.2) is 12.2 Å². The second-order valence-corrected chi connectivity index (χ2v) is 4.55. The van der Waals surface area contributed by atoms with Gasteiger partial charge in [0.05, 0.1) is 0 Å². The molecule has 1 aromatic heterocycles. The molecule has 0 unspecified atom stereocenters. The minimum atomic E-state index is 0.163. The summed E-state index contributed by atoms with van der Waals surface area (Å²) in [4.78, 5) is 4.30. The summed E-state index contributed by atoms with van der Waals surface area (Å²) in [5.74, 6) is 1.44. The molecule has 0 bridgehead atoms. The van der Waals surface area contributed by atoms with E-state index < -0.39 is 0 Å². The Morgan fingerprint density at radius 3 is 2.70 bits per heavy atom. The predicted molar refractivity (Wildman–Crippen MR) is 75.8 cm³/mol. The molecule has 0 radical (unpaired) electrons. The first kappa shape index (κ1) is 12.5. The Balaban J connectivity index is 1.72. The molecule has 1 N–H and O–H groups in total. The lowest BCUT2D eigenvalue weighted by atomic mass is 10.2. The normalized spacial score (nSPS) is 10.8. The lowest BCUT2D eigenvalue weighted by molar-refractivity contribution is 0.267. The standard InChI is InChI=1S/C16H15NO3/c1-2-11-3-6-13(7-4-11)19-10-16-17-14-8-5-12(18)9-15(14)20-16/h3-9,18H,2,10H2,1H3. The molecule has 102 valence electrons. The monoisotopic (exact) mass is 269 g/mol. The van der Waals surface area contributed by atoms with Crippen LogP contribution in [0.25, 0.3) is 11.1 Å². The van der Waals surface area contributed by atoms with Crippen molar-refractivity contribution in [3.05, 3.63) is 53.9 Å². The van der Waals surface area contributed by atoms with Crippen molar-refractivity contribution in [3.63, 3.8) is 0 Å². The van der Waals surface area contributed by atoms with Crippen LogP contribution in [0.5, 0.6) is 11.5 Å². The molecule has 0 aliphatic heterocycles. The van der Waals surface area contributed by atoms with Crippen LogP contribution in [0.15, 0.2) is 46.9 Å². The van der Waals surface area contributed by atoms with Crippen molar-refractivity contribution in [1.82, 2.24) is 4.98 Å². The van der Waals surface area contributed by atoms with E-state index in [1.807, 2.05) is 24.3 Å². The molecule has 3 aromatic rings. The highest BCUT2D eigenvalue weighted by Crippen LogP contribution is 2.21. The van der Waals surface area contributed by atoms with E-state index in [1.54, 1.807) is 18.2 Å². The van der Waals surface area contributed by atoms with E-state index >= 15 is 0 Å². The third-order valence-corrected chi connectivity index (χ3v) is 3.11. The summed E-state index contributed by atoms with van der Waals surface area (Å²) in [6, 6.07) is 12.8. The first-order valence-corrected chi connectivity index (χ1v) is 6.55. The number of hydrogen-bond donors (Lipinski definition) is 1. The summed E-state index contributed by atoms with van der Waals surface area (Å²) < 4.78 is 11.2. The summed E-state index contributed by atoms with van der Waals surface area (Å²) in [6.45, 7) is 2.38. The number of aromatic hydroxyl groups is 1. The number of nitrogens with zero attached hydrogens (tertiary/aromatic N) is 1. The minimum absolute atomic E-state index is 0.163. The maximum atomic E-state index is 9.38. The van der Waals surface area contributed by atoms with Crippen molar-refractivity contribution in [3.8, 4) is 11.5 Å². The third-order valence-electron chi connectivity index (χ3n) is 3.11. The Morgan fingerprint density at radius 2 is 1.95 bits per heavy atom. The van der Waals surface area contributed by atoms with Gasteiger partial charge < -0.3 is 14.3 Å². The number of hydrogen-bond acceptors (Lipinski definition) is 4. The quantitative estimate of drug-likeness (QED) is 0.785. The molecule has 0 atom stereocenters. The van der Waals surface area contributed by atoms with Crippen molar-refractivity contribution in [2.45, 2.75) is 20.0 Å². The maximum absolute atomic E-state index is 9.38. The van der Waals surface area contributed by atoms with Crippen LogP contribution in [0.1, 0.15) is 18.4 Å². The van der Waals surface area contributed by atoms with Crippen LogP contribution >= 0.6 is 0 Å². The third kappa shape index (κ3) is 2.59. The molecule has 2 aromatic carbocycles. The number of benzene rings is 2. The predicted octanol–water partition coefficient (Wildman–Crippen LogP) is 3.67. The molecule has 0 saturated heterocycles. The second kappa shape index (κ2) is 5.25. The molecule has 0 fully saturated rings. The van der Waals surface area contributed by atoms with Gasteiger partial charge in [-0.2, -0.15) is 0 Å². The molecule has 20 heavy (non-hydrogen) atoms. The van der Waals surface area contributed by atoms with Gasteiger partial charge in [-0.1, -0.05) is 19.1 Å². The maximum Gasteiger partial charge on any atom is 0.233 e. The second-order valence-electron chi connectivity index (χ2n) is 4.55. The number of fused-ring (bicyclic) bond motifs is 1. The van der Waals surface area contributed by atoms with Crippen molar-refractivity contribution in [1.29, 1.82) is 0 Å². The number of ether oxygens (including phenoxy) is 1. The van der Waals surface area contributed by atoms with Crippen LogP contribution in [-0.4, -0.2) is 10.1 Å². The van der Waals surface area contributed by atoms with Crippen LogP contribution in [0.2, 0.25) is 0 Å². The lowest BCUT2D eigenvalue weighted by Gasteiger charge is -2.04. The summed E-state index contributed by atoms with van der Waals surface area (Å²) in [5, 5.41) is 9.38. The number of phenols is 1. The molecule has 4 nitrogen and oxygen atoms in total. The van der Waals surface area contributed by atoms with Gasteiger partial charge >= 0.3 is 0 Å². The average Bonchev–Trinajstić information content (AvgIpc) is 2.87. The van der Waals surface area contributed by atoms with Gasteiger partial charge in [-0.3, -0.25) is 0 Å². The average molecular weight is 269 g/mol. The zero-order chi connectivity index (χ0) is 13.9. The van der Waals surface area contributed by atoms with Crippen LogP contribution in [0.3, 0.4) is 0 Å². The first-order valence-electron chi connectivity index (χ1n) is 6.55. The number of aryl methyl sites for hydroxylation is 1.